The van der Waals surface area contributed by atoms with Gasteiger partial charge in [-0.15, -0.1) is 0 Å². The maximum Gasteiger partial charge on any atom is 0.328 e. The van der Waals surface area contributed by atoms with Crippen LogP contribution in [0.2, 0.25) is 0 Å². The fourth-order valence-corrected chi connectivity index (χ4v) is 1.47. The van der Waals surface area contributed by atoms with E-state index in [9.17, 15) is 9.59 Å². The Labute approximate surface area is 110 Å². The molecule has 1 rings (SSSR count). The molecule has 0 bridgehead atoms. The van der Waals surface area contributed by atoms with Gasteiger partial charge in [0.05, 0.1) is 12.8 Å². The highest BCUT2D eigenvalue weighted by atomic mass is 16.5. The van der Waals surface area contributed by atoms with E-state index in [4.69, 9.17) is 9.84 Å². The zero-order valence-electron chi connectivity index (χ0n) is 10.9. The Kier molecular flexibility index (Phi) is 5.80. The van der Waals surface area contributed by atoms with Crippen LogP contribution in [-0.4, -0.2) is 53.2 Å². The van der Waals surface area contributed by atoms with Crippen molar-refractivity contribution >= 4 is 12.0 Å². The second-order valence-electron chi connectivity index (χ2n) is 4.02. The maximum absolute atomic E-state index is 11.5. The third kappa shape index (κ3) is 5.38. The van der Waals surface area contributed by atoms with Gasteiger partial charge in [0, 0.05) is 26.9 Å². The third-order valence-corrected chi connectivity index (χ3v) is 2.39. The van der Waals surface area contributed by atoms with Crippen molar-refractivity contribution in [2.45, 2.75) is 12.5 Å². The van der Waals surface area contributed by atoms with Gasteiger partial charge in [-0.2, -0.15) is 5.10 Å². The molecule has 0 spiro atoms. The van der Waals surface area contributed by atoms with Crippen LogP contribution in [0.25, 0.3) is 0 Å². The van der Waals surface area contributed by atoms with E-state index in [0.29, 0.717) is 13.0 Å². The molecule has 3 N–H and O–H groups in total. The number of amides is 2. The Balaban J connectivity index is 2.28. The Morgan fingerprint density at radius 3 is 2.84 bits per heavy atom. The summed E-state index contributed by atoms with van der Waals surface area (Å²) in [6, 6.07) is -1.59. The summed E-state index contributed by atoms with van der Waals surface area (Å²) in [4.78, 5) is 22.3. The molecule has 1 atom stereocenters. The summed E-state index contributed by atoms with van der Waals surface area (Å²) in [6.45, 7) is 0.322. The fourth-order valence-electron chi connectivity index (χ4n) is 1.47. The van der Waals surface area contributed by atoms with Crippen molar-refractivity contribution in [3.63, 3.8) is 0 Å². The van der Waals surface area contributed by atoms with Gasteiger partial charge < -0.3 is 20.5 Å². The van der Waals surface area contributed by atoms with Crippen LogP contribution in [0.5, 0.6) is 0 Å². The molecule has 8 heteroatoms. The largest absolute Gasteiger partial charge is 0.480 e. The normalized spacial score (nSPS) is 11.9. The Morgan fingerprint density at radius 2 is 2.32 bits per heavy atom. The first kappa shape index (κ1) is 15.0. The number of carboxylic acids is 1. The summed E-state index contributed by atoms with van der Waals surface area (Å²) >= 11 is 0. The van der Waals surface area contributed by atoms with Gasteiger partial charge in [-0.1, -0.05) is 0 Å². The molecule has 0 fully saturated rings. The van der Waals surface area contributed by atoms with E-state index in [1.807, 2.05) is 13.2 Å². The molecule has 0 radical (unpaired) electrons. The van der Waals surface area contributed by atoms with E-state index in [1.165, 1.54) is 7.11 Å². The van der Waals surface area contributed by atoms with Crippen molar-refractivity contribution < 1.29 is 19.4 Å². The molecule has 2 amide bonds. The topological polar surface area (TPSA) is 105 Å². The molecular formula is C11H18N4O4. The van der Waals surface area contributed by atoms with Gasteiger partial charge in [-0.05, 0) is 12.0 Å². The van der Waals surface area contributed by atoms with E-state index in [-0.39, 0.29) is 6.61 Å². The van der Waals surface area contributed by atoms with Crippen LogP contribution in [-0.2, 0) is 23.0 Å². The molecule has 1 heterocycles. The molecule has 0 saturated heterocycles. The van der Waals surface area contributed by atoms with Crippen molar-refractivity contribution in [1.82, 2.24) is 20.4 Å². The third-order valence-electron chi connectivity index (χ3n) is 2.39. The first-order valence-electron chi connectivity index (χ1n) is 5.76. The van der Waals surface area contributed by atoms with Crippen LogP contribution in [0.4, 0.5) is 4.79 Å². The lowest BCUT2D eigenvalue weighted by Crippen LogP contribution is -2.48. The first-order valence-corrected chi connectivity index (χ1v) is 5.76. The van der Waals surface area contributed by atoms with Crippen molar-refractivity contribution in [3.05, 3.63) is 18.0 Å². The highest BCUT2D eigenvalue weighted by Gasteiger charge is 2.19. The molecule has 0 aliphatic rings. The monoisotopic (exact) mass is 270 g/mol. The number of urea groups is 1. The molecule has 0 aliphatic heterocycles. The van der Waals surface area contributed by atoms with Gasteiger partial charge >= 0.3 is 12.0 Å². The predicted molar refractivity (Wildman–Crippen MR) is 66.7 cm³/mol. The molecule has 1 unspecified atom stereocenters. The summed E-state index contributed by atoms with van der Waals surface area (Å²) in [5.74, 6) is -1.13. The summed E-state index contributed by atoms with van der Waals surface area (Å²) in [5.41, 5.74) is 0.995. The van der Waals surface area contributed by atoms with Crippen molar-refractivity contribution in [1.29, 1.82) is 0 Å². The van der Waals surface area contributed by atoms with Crippen molar-refractivity contribution in [3.8, 4) is 0 Å². The lowest BCUT2D eigenvalue weighted by molar-refractivity contribution is -0.140. The summed E-state index contributed by atoms with van der Waals surface area (Å²) in [6.07, 6.45) is 4.19. The van der Waals surface area contributed by atoms with Crippen LogP contribution in [0, 0.1) is 0 Å². The lowest BCUT2D eigenvalue weighted by Gasteiger charge is -2.13. The standard InChI is InChI=1S/C11H18N4O4/c1-15-6-8(5-13-15)3-4-12-11(18)14-9(7-19-2)10(16)17/h5-6,9H,3-4,7H2,1-2H3,(H,16,17)(H2,12,14,18). The fraction of sp³-hybridized carbons (Fsp3) is 0.545. The average Bonchev–Trinajstić information content (AvgIpc) is 2.74. The highest BCUT2D eigenvalue weighted by Crippen LogP contribution is 1.96. The van der Waals surface area contributed by atoms with Gasteiger partial charge in [0.15, 0.2) is 6.04 Å². The molecule has 1 aromatic heterocycles. The van der Waals surface area contributed by atoms with Crippen molar-refractivity contribution in [2.75, 3.05) is 20.3 Å². The number of ether oxygens (including phenoxy) is 1. The van der Waals surface area contributed by atoms with Crippen LogP contribution >= 0.6 is 0 Å². The molecule has 1 aromatic rings. The summed E-state index contributed by atoms with van der Waals surface area (Å²) in [7, 11) is 3.18. The number of aryl methyl sites for hydroxylation is 1. The number of nitrogens with one attached hydrogen (secondary N) is 2. The average molecular weight is 270 g/mol. The van der Waals surface area contributed by atoms with Gasteiger partial charge in [-0.25, -0.2) is 9.59 Å². The number of methoxy groups -OCH3 is 1. The predicted octanol–water partition coefficient (Wildman–Crippen LogP) is -0.639. The molecular weight excluding hydrogens is 252 g/mol. The number of aromatic nitrogens is 2. The molecule has 0 aliphatic carbocycles. The SMILES string of the molecule is COCC(NC(=O)NCCc1cnn(C)c1)C(=O)O. The molecule has 0 saturated carbocycles. The second-order valence-corrected chi connectivity index (χ2v) is 4.02. The number of hydrogen-bond donors (Lipinski definition) is 3. The number of carbonyl (C=O) groups excluding carboxylic acids is 1. The number of carboxylic acid groups (broad SMARTS) is 1. The van der Waals surface area contributed by atoms with E-state index < -0.39 is 18.0 Å². The van der Waals surface area contributed by atoms with Crippen LogP contribution in [0.1, 0.15) is 5.56 Å². The van der Waals surface area contributed by atoms with Crippen LogP contribution in [0.3, 0.4) is 0 Å². The quantitative estimate of drug-likeness (QED) is 0.611. The Bertz CT molecular complexity index is 432. The zero-order chi connectivity index (χ0) is 14.3. The highest BCUT2D eigenvalue weighted by molar-refractivity contribution is 5.82. The molecule has 8 nitrogen and oxygen atoms in total. The summed E-state index contributed by atoms with van der Waals surface area (Å²) in [5, 5.41) is 17.7. The zero-order valence-corrected chi connectivity index (χ0v) is 10.9. The Hall–Kier alpha value is -2.09. The van der Waals surface area contributed by atoms with Crippen LogP contribution < -0.4 is 10.6 Å². The van der Waals surface area contributed by atoms with Gasteiger partial charge in [0.2, 0.25) is 0 Å². The molecule has 19 heavy (non-hydrogen) atoms. The molecule has 0 aromatic carbocycles. The second kappa shape index (κ2) is 7.37. The first-order chi connectivity index (χ1) is 9.02. The minimum Gasteiger partial charge on any atom is -0.480 e. The van der Waals surface area contributed by atoms with E-state index in [1.54, 1.807) is 10.9 Å². The number of aliphatic carboxylic acids is 1. The van der Waals surface area contributed by atoms with Crippen molar-refractivity contribution in [2.24, 2.45) is 7.05 Å². The minimum atomic E-state index is -1.13. The van der Waals surface area contributed by atoms with E-state index in [2.05, 4.69) is 15.7 Å². The number of hydrogen-bond acceptors (Lipinski definition) is 4. The number of rotatable bonds is 7. The molecule has 106 valence electrons. The Morgan fingerprint density at radius 1 is 1.58 bits per heavy atom. The van der Waals surface area contributed by atoms with Gasteiger partial charge in [0.25, 0.3) is 0 Å². The maximum atomic E-state index is 11.5. The number of carbonyl (C=O) groups is 2. The number of nitrogens with zero attached hydrogens (tertiary/aromatic N) is 2. The van der Waals surface area contributed by atoms with Gasteiger partial charge in [-0.3, -0.25) is 4.68 Å². The minimum absolute atomic E-state index is 0.0780. The lowest BCUT2D eigenvalue weighted by atomic mass is 10.2. The van der Waals surface area contributed by atoms with Crippen LogP contribution in [0.15, 0.2) is 12.4 Å². The van der Waals surface area contributed by atoms with E-state index in [0.717, 1.165) is 5.56 Å². The van der Waals surface area contributed by atoms with E-state index >= 15 is 0 Å². The smallest absolute Gasteiger partial charge is 0.328 e. The van der Waals surface area contributed by atoms with Gasteiger partial charge in [0.1, 0.15) is 0 Å². The summed E-state index contributed by atoms with van der Waals surface area (Å²) < 4.78 is 6.38.